The van der Waals surface area contributed by atoms with Crippen LogP contribution in [0.1, 0.15) is 0 Å². The van der Waals surface area contributed by atoms with Crippen molar-refractivity contribution in [2.45, 2.75) is 30.7 Å². The van der Waals surface area contributed by atoms with Crippen molar-refractivity contribution in [3.63, 3.8) is 0 Å². The number of hydrogen-bond acceptors (Lipinski definition) is 10. The van der Waals surface area contributed by atoms with Gasteiger partial charge in [0, 0.05) is 12.1 Å². The molecule has 164 valence electrons. The van der Waals surface area contributed by atoms with Gasteiger partial charge in [0.1, 0.15) is 58.9 Å². The van der Waals surface area contributed by atoms with Crippen molar-refractivity contribution >= 4 is 11.0 Å². The molecule has 10 nitrogen and oxygen atoms in total. The lowest BCUT2D eigenvalue weighted by molar-refractivity contribution is -0.277. The molecule has 0 aliphatic carbocycles. The van der Waals surface area contributed by atoms with Gasteiger partial charge in [0.2, 0.25) is 11.7 Å². The van der Waals surface area contributed by atoms with Gasteiger partial charge in [0.15, 0.2) is 0 Å². The zero-order chi connectivity index (χ0) is 22.3. The van der Waals surface area contributed by atoms with Gasteiger partial charge in [0.05, 0.1) is 12.2 Å². The van der Waals surface area contributed by atoms with Crippen LogP contribution in [0, 0.1) is 0 Å². The van der Waals surface area contributed by atoms with E-state index < -0.39 is 42.7 Å². The topological polar surface area (TPSA) is 170 Å². The molecule has 1 aliphatic rings. The fourth-order valence-electron chi connectivity index (χ4n) is 3.43. The molecule has 0 bridgehead atoms. The van der Waals surface area contributed by atoms with Crippen LogP contribution in [0.5, 0.6) is 17.2 Å². The summed E-state index contributed by atoms with van der Waals surface area (Å²) in [6.07, 6.45) is -6.53. The zero-order valence-corrected chi connectivity index (χ0v) is 16.0. The summed E-state index contributed by atoms with van der Waals surface area (Å²) >= 11 is 0. The minimum absolute atomic E-state index is 0.00730. The maximum Gasteiger partial charge on any atom is 0.229 e. The Bertz CT molecular complexity index is 1140. The van der Waals surface area contributed by atoms with E-state index in [1.165, 1.54) is 36.6 Å². The summed E-state index contributed by atoms with van der Waals surface area (Å²) in [5.41, 5.74) is 0.0795. The number of hydrogen-bond donors (Lipinski definition) is 6. The minimum atomic E-state index is -1.71. The fourth-order valence-corrected chi connectivity index (χ4v) is 3.43. The highest BCUT2D eigenvalue weighted by atomic mass is 16.7. The first-order chi connectivity index (χ1) is 14.8. The summed E-state index contributed by atoms with van der Waals surface area (Å²) in [5.74, 6) is -0.480. The summed E-state index contributed by atoms with van der Waals surface area (Å²) in [5, 5.41) is 58.8. The zero-order valence-electron chi connectivity index (χ0n) is 16.0. The number of benzene rings is 2. The molecule has 10 heteroatoms. The van der Waals surface area contributed by atoms with E-state index in [1.54, 1.807) is 0 Å². The summed E-state index contributed by atoms with van der Waals surface area (Å²) in [4.78, 5) is 13.2. The maximum absolute atomic E-state index is 13.2. The SMILES string of the molecule is O=c1c(-c2ccc(O)cc2)coc2cc(O)cc(OC3O[C@H](CO)[C@@H](O)[C@H](O)[C@H]3O)c12. The molecule has 5 atom stereocenters. The largest absolute Gasteiger partial charge is 0.508 e. The Labute approximate surface area is 174 Å². The average molecular weight is 432 g/mol. The quantitative estimate of drug-likeness (QED) is 0.331. The lowest BCUT2D eigenvalue weighted by Gasteiger charge is -2.39. The van der Waals surface area contributed by atoms with Crippen LogP contribution in [0.2, 0.25) is 0 Å². The Morgan fingerprint density at radius 1 is 0.935 bits per heavy atom. The van der Waals surface area contributed by atoms with Gasteiger partial charge < -0.3 is 44.5 Å². The number of aliphatic hydroxyl groups excluding tert-OH is 4. The van der Waals surface area contributed by atoms with E-state index in [1.807, 2.05) is 0 Å². The minimum Gasteiger partial charge on any atom is -0.508 e. The number of aliphatic hydroxyl groups is 4. The van der Waals surface area contributed by atoms with Crippen LogP contribution in [-0.4, -0.2) is 68.0 Å². The number of rotatable bonds is 4. The molecule has 4 rings (SSSR count). The van der Waals surface area contributed by atoms with Gasteiger partial charge in [-0.2, -0.15) is 0 Å². The predicted octanol–water partition coefficient (Wildman–Crippen LogP) is 0.0499. The Kier molecular flexibility index (Phi) is 5.56. The van der Waals surface area contributed by atoms with E-state index in [2.05, 4.69) is 0 Å². The molecule has 1 saturated heterocycles. The van der Waals surface area contributed by atoms with Crippen LogP contribution in [0.3, 0.4) is 0 Å². The van der Waals surface area contributed by atoms with Crippen molar-refractivity contribution in [3.8, 4) is 28.4 Å². The molecule has 2 heterocycles. The van der Waals surface area contributed by atoms with E-state index in [-0.39, 0.29) is 33.8 Å². The van der Waals surface area contributed by atoms with E-state index in [4.69, 9.17) is 13.9 Å². The van der Waals surface area contributed by atoms with E-state index >= 15 is 0 Å². The molecule has 0 spiro atoms. The van der Waals surface area contributed by atoms with Gasteiger partial charge in [-0.15, -0.1) is 0 Å². The molecule has 1 aliphatic heterocycles. The van der Waals surface area contributed by atoms with Gasteiger partial charge in [0.25, 0.3) is 0 Å². The van der Waals surface area contributed by atoms with Gasteiger partial charge in [-0.05, 0) is 17.7 Å². The van der Waals surface area contributed by atoms with Crippen LogP contribution >= 0.6 is 0 Å². The standard InChI is InChI=1S/C21H20O10/c22-7-15-18(26)19(27)20(28)21(31-15)30-14-6-11(24)5-13-16(14)17(25)12(8-29-13)9-1-3-10(23)4-2-9/h1-6,8,15,18-24,26-28H,7H2/t15-,18-,19+,20-,21?/m1/s1. The molecule has 0 radical (unpaired) electrons. The second-order valence-electron chi connectivity index (χ2n) is 7.16. The van der Waals surface area contributed by atoms with Crippen molar-refractivity contribution in [2.24, 2.45) is 0 Å². The highest BCUT2D eigenvalue weighted by Gasteiger charge is 2.45. The molecule has 3 aromatic rings. The third-order valence-electron chi connectivity index (χ3n) is 5.10. The molecule has 2 aromatic carbocycles. The van der Waals surface area contributed by atoms with Crippen molar-refractivity contribution in [2.75, 3.05) is 6.61 Å². The van der Waals surface area contributed by atoms with Gasteiger partial charge in [-0.1, -0.05) is 12.1 Å². The first kappa shape index (κ1) is 21.1. The van der Waals surface area contributed by atoms with Crippen LogP contribution in [0.15, 0.2) is 51.9 Å². The molecule has 0 amide bonds. The normalized spacial score (nSPS) is 26.1. The Morgan fingerprint density at radius 3 is 2.32 bits per heavy atom. The molecule has 1 aromatic heterocycles. The Balaban J connectivity index is 1.79. The second-order valence-corrected chi connectivity index (χ2v) is 7.16. The second kappa shape index (κ2) is 8.17. The highest BCUT2D eigenvalue weighted by Crippen LogP contribution is 2.33. The monoisotopic (exact) mass is 432 g/mol. The first-order valence-electron chi connectivity index (χ1n) is 9.35. The van der Waals surface area contributed by atoms with Gasteiger partial charge in [-0.25, -0.2) is 0 Å². The number of aromatic hydroxyl groups is 2. The van der Waals surface area contributed by atoms with Crippen LogP contribution in [0.4, 0.5) is 0 Å². The van der Waals surface area contributed by atoms with Crippen molar-refractivity contribution in [1.82, 2.24) is 0 Å². The molecule has 1 unspecified atom stereocenters. The van der Waals surface area contributed by atoms with E-state index in [9.17, 15) is 35.4 Å². The smallest absolute Gasteiger partial charge is 0.229 e. The third kappa shape index (κ3) is 3.82. The van der Waals surface area contributed by atoms with Crippen LogP contribution < -0.4 is 10.2 Å². The molecular weight excluding hydrogens is 412 g/mol. The summed E-state index contributed by atoms with van der Waals surface area (Å²) in [6, 6.07) is 8.17. The van der Waals surface area contributed by atoms with Crippen LogP contribution in [-0.2, 0) is 4.74 Å². The number of phenolic OH excluding ortho intramolecular Hbond substituents is 2. The molecule has 31 heavy (non-hydrogen) atoms. The maximum atomic E-state index is 13.2. The lowest BCUT2D eigenvalue weighted by Crippen LogP contribution is -2.60. The predicted molar refractivity (Wildman–Crippen MR) is 106 cm³/mol. The fraction of sp³-hybridized carbons (Fsp3) is 0.286. The number of fused-ring (bicyclic) bond motifs is 1. The molecule has 6 N–H and O–H groups in total. The van der Waals surface area contributed by atoms with E-state index in [0.717, 1.165) is 6.07 Å². The first-order valence-corrected chi connectivity index (χ1v) is 9.35. The van der Waals surface area contributed by atoms with Crippen LogP contribution in [0.25, 0.3) is 22.1 Å². The lowest BCUT2D eigenvalue weighted by atomic mass is 9.99. The summed E-state index contributed by atoms with van der Waals surface area (Å²) in [6.45, 7) is -0.654. The van der Waals surface area contributed by atoms with Crippen molar-refractivity contribution in [3.05, 3.63) is 52.9 Å². The van der Waals surface area contributed by atoms with Gasteiger partial charge in [-0.3, -0.25) is 4.79 Å². The summed E-state index contributed by atoms with van der Waals surface area (Å²) in [7, 11) is 0. The average Bonchev–Trinajstić information content (AvgIpc) is 2.75. The highest BCUT2D eigenvalue weighted by molar-refractivity contribution is 5.88. The Hall–Kier alpha value is -3.15. The van der Waals surface area contributed by atoms with E-state index in [0.29, 0.717) is 5.56 Å². The molecule has 0 saturated carbocycles. The number of phenols is 2. The molecular formula is C21H20O10. The molecule has 1 fully saturated rings. The third-order valence-corrected chi connectivity index (χ3v) is 5.10. The van der Waals surface area contributed by atoms with Crippen molar-refractivity contribution in [1.29, 1.82) is 0 Å². The Morgan fingerprint density at radius 2 is 1.65 bits per heavy atom. The van der Waals surface area contributed by atoms with Gasteiger partial charge >= 0.3 is 0 Å². The van der Waals surface area contributed by atoms with Crippen molar-refractivity contribution < 1.29 is 44.5 Å². The summed E-state index contributed by atoms with van der Waals surface area (Å²) < 4.78 is 16.4. The number of ether oxygens (including phenoxy) is 2.